The van der Waals surface area contributed by atoms with Crippen molar-refractivity contribution in [3.63, 3.8) is 0 Å². The van der Waals surface area contributed by atoms with Crippen LogP contribution in [0.15, 0.2) is 22.7 Å². The Labute approximate surface area is 103 Å². The van der Waals surface area contributed by atoms with Crippen LogP contribution in [0.3, 0.4) is 0 Å². The number of benzene rings is 1. The molecule has 1 aromatic carbocycles. The highest BCUT2D eigenvalue weighted by Gasteiger charge is 2.14. The van der Waals surface area contributed by atoms with Crippen LogP contribution in [0.5, 0.6) is 0 Å². The van der Waals surface area contributed by atoms with Gasteiger partial charge in [0.25, 0.3) is 0 Å². The Hall–Kier alpha value is -0.460. The van der Waals surface area contributed by atoms with Crippen molar-refractivity contribution < 1.29 is 12.8 Å². The Kier molecular flexibility index (Phi) is 4.46. The summed E-state index contributed by atoms with van der Waals surface area (Å²) in [5.74, 6) is -0.472. The van der Waals surface area contributed by atoms with E-state index in [1.165, 1.54) is 6.07 Å². The van der Waals surface area contributed by atoms with Crippen molar-refractivity contribution in [2.75, 3.05) is 12.0 Å². The molecule has 2 N–H and O–H groups in total. The van der Waals surface area contributed by atoms with E-state index in [1.807, 2.05) is 0 Å². The second kappa shape index (κ2) is 5.25. The second-order valence-electron chi connectivity index (χ2n) is 3.77. The normalized spacial score (nSPS) is 13.8. The van der Waals surface area contributed by atoms with E-state index in [9.17, 15) is 12.8 Å². The molecule has 16 heavy (non-hydrogen) atoms. The largest absolute Gasteiger partial charge is 0.326 e. The lowest BCUT2D eigenvalue weighted by Crippen LogP contribution is -2.31. The minimum Gasteiger partial charge on any atom is -0.326 e. The number of sulfone groups is 1. The summed E-state index contributed by atoms with van der Waals surface area (Å²) in [5, 5.41) is 0. The second-order valence-corrected chi connectivity index (χ2v) is 6.75. The van der Waals surface area contributed by atoms with Crippen molar-refractivity contribution in [1.82, 2.24) is 0 Å². The maximum Gasteiger partial charge on any atom is 0.148 e. The van der Waals surface area contributed by atoms with Gasteiger partial charge in [-0.3, -0.25) is 0 Å². The van der Waals surface area contributed by atoms with Crippen LogP contribution in [0.4, 0.5) is 4.39 Å². The van der Waals surface area contributed by atoms with Gasteiger partial charge in [-0.2, -0.15) is 0 Å². The smallest absolute Gasteiger partial charge is 0.148 e. The predicted molar refractivity (Wildman–Crippen MR) is 65.5 cm³/mol. The average molecular weight is 310 g/mol. The molecule has 1 aromatic rings. The molecule has 0 saturated heterocycles. The van der Waals surface area contributed by atoms with Crippen LogP contribution in [-0.2, 0) is 16.3 Å². The van der Waals surface area contributed by atoms with Crippen molar-refractivity contribution in [2.24, 2.45) is 5.73 Å². The van der Waals surface area contributed by atoms with E-state index >= 15 is 0 Å². The van der Waals surface area contributed by atoms with Gasteiger partial charge >= 0.3 is 0 Å². The van der Waals surface area contributed by atoms with Gasteiger partial charge in [-0.25, -0.2) is 12.8 Å². The highest BCUT2D eigenvalue weighted by atomic mass is 79.9. The lowest BCUT2D eigenvalue weighted by Gasteiger charge is -2.11. The minimum absolute atomic E-state index is 0.101. The van der Waals surface area contributed by atoms with Crippen LogP contribution in [0.2, 0.25) is 0 Å². The summed E-state index contributed by atoms with van der Waals surface area (Å²) in [7, 11) is -3.10. The van der Waals surface area contributed by atoms with E-state index in [4.69, 9.17) is 5.73 Å². The topological polar surface area (TPSA) is 60.2 Å². The van der Waals surface area contributed by atoms with Gasteiger partial charge in [0.1, 0.15) is 15.7 Å². The first-order valence-electron chi connectivity index (χ1n) is 4.66. The molecule has 0 spiro atoms. The van der Waals surface area contributed by atoms with Crippen molar-refractivity contribution in [3.8, 4) is 0 Å². The molecule has 0 bridgehead atoms. The van der Waals surface area contributed by atoms with Gasteiger partial charge in [0.2, 0.25) is 0 Å². The first-order chi connectivity index (χ1) is 7.29. The molecule has 0 aliphatic carbocycles. The zero-order valence-electron chi connectivity index (χ0n) is 8.78. The maximum atomic E-state index is 13.2. The summed E-state index contributed by atoms with van der Waals surface area (Å²) in [6.07, 6.45) is 1.46. The lowest BCUT2D eigenvalue weighted by atomic mass is 10.1. The molecule has 0 aliphatic heterocycles. The summed E-state index contributed by atoms with van der Waals surface area (Å²) in [6, 6.07) is 4.10. The number of hydrogen-bond acceptors (Lipinski definition) is 3. The molecule has 0 aromatic heterocycles. The standard InChI is InChI=1S/C10H13BrFNO2S/c1-16(14,15)6-8(13)5-7-3-2-4-9(12)10(7)11/h2-4,8H,5-6,13H2,1H3. The van der Waals surface area contributed by atoms with Gasteiger partial charge in [-0.1, -0.05) is 12.1 Å². The van der Waals surface area contributed by atoms with Gasteiger partial charge in [0.15, 0.2) is 0 Å². The predicted octanol–water partition coefficient (Wildman–Crippen LogP) is 1.50. The SMILES string of the molecule is CS(=O)(=O)CC(N)Cc1cccc(F)c1Br. The van der Waals surface area contributed by atoms with Crippen molar-refractivity contribution in [2.45, 2.75) is 12.5 Å². The Morgan fingerprint density at radius 1 is 1.50 bits per heavy atom. The molecule has 1 rings (SSSR count). The van der Waals surface area contributed by atoms with Crippen LogP contribution >= 0.6 is 15.9 Å². The highest BCUT2D eigenvalue weighted by molar-refractivity contribution is 9.10. The third kappa shape index (κ3) is 4.19. The van der Waals surface area contributed by atoms with Crippen LogP contribution in [0.25, 0.3) is 0 Å². The van der Waals surface area contributed by atoms with Crippen LogP contribution in [-0.4, -0.2) is 26.5 Å². The Morgan fingerprint density at radius 2 is 2.12 bits per heavy atom. The van der Waals surface area contributed by atoms with Crippen LogP contribution in [0.1, 0.15) is 5.56 Å². The van der Waals surface area contributed by atoms with E-state index in [0.717, 1.165) is 6.26 Å². The Morgan fingerprint density at radius 3 is 2.69 bits per heavy atom. The molecule has 0 saturated carbocycles. The van der Waals surface area contributed by atoms with E-state index in [1.54, 1.807) is 12.1 Å². The quantitative estimate of drug-likeness (QED) is 0.917. The summed E-state index contributed by atoms with van der Waals surface area (Å²) in [6.45, 7) is 0. The van der Waals surface area contributed by atoms with Gasteiger partial charge in [0.05, 0.1) is 10.2 Å². The van der Waals surface area contributed by atoms with Crippen LogP contribution in [0, 0.1) is 5.82 Å². The highest BCUT2D eigenvalue weighted by Crippen LogP contribution is 2.21. The molecular weight excluding hydrogens is 297 g/mol. The Balaban J connectivity index is 2.77. The molecule has 0 radical (unpaired) electrons. The summed E-state index contributed by atoms with van der Waals surface area (Å²) < 4.78 is 35.5. The van der Waals surface area contributed by atoms with Gasteiger partial charge < -0.3 is 5.73 Å². The van der Waals surface area contributed by atoms with Gasteiger partial charge in [0, 0.05) is 12.3 Å². The summed E-state index contributed by atoms with van der Waals surface area (Å²) in [5.41, 5.74) is 6.37. The van der Waals surface area contributed by atoms with Crippen molar-refractivity contribution in [1.29, 1.82) is 0 Å². The summed E-state index contributed by atoms with van der Waals surface area (Å²) >= 11 is 3.11. The fourth-order valence-electron chi connectivity index (χ4n) is 1.44. The molecule has 0 amide bonds. The van der Waals surface area contributed by atoms with Gasteiger partial charge in [-0.15, -0.1) is 0 Å². The first kappa shape index (κ1) is 13.6. The molecule has 1 atom stereocenters. The number of nitrogens with two attached hydrogens (primary N) is 1. The molecule has 90 valence electrons. The third-order valence-corrected chi connectivity index (χ3v) is 3.95. The zero-order chi connectivity index (χ0) is 12.3. The fraction of sp³-hybridized carbons (Fsp3) is 0.400. The molecular formula is C10H13BrFNO2S. The monoisotopic (exact) mass is 309 g/mol. The van der Waals surface area contributed by atoms with E-state index < -0.39 is 15.9 Å². The van der Waals surface area contributed by atoms with Crippen molar-refractivity contribution in [3.05, 3.63) is 34.1 Å². The van der Waals surface area contributed by atoms with E-state index in [0.29, 0.717) is 16.5 Å². The number of hydrogen-bond donors (Lipinski definition) is 1. The minimum atomic E-state index is -3.10. The van der Waals surface area contributed by atoms with Gasteiger partial charge in [-0.05, 0) is 34.0 Å². The molecule has 1 unspecified atom stereocenters. The first-order valence-corrected chi connectivity index (χ1v) is 7.51. The number of halogens is 2. The molecule has 6 heteroatoms. The van der Waals surface area contributed by atoms with Crippen molar-refractivity contribution >= 4 is 25.8 Å². The average Bonchev–Trinajstić information content (AvgIpc) is 2.09. The summed E-state index contributed by atoms with van der Waals surface area (Å²) in [4.78, 5) is 0. The third-order valence-electron chi connectivity index (χ3n) is 2.03. The van der Waals surface area contributed by atoms with Crippen LogP contribution < -0.4 is 5.73 Å². The molecule has 3 nitrogen and oxygen atoms in total. The van der Waals surface area contributed by atoms with E-state index in [2.05, 4.69) is 15.9 Å². The number of rotatable bonds is 4. The molecule has 0 aliphatic rings. The lowest BCUT2D eigenvalue weighted by molar-refractivity contribution is 0.590. The molecule has 0 heterocycles. The zero-order valence-corrected chi connectivity index (χ0v) is 11.2. The maximum absolute atomic E-state index is 13.2. The Bertz CT molecular complexity index is 476. The van der Waals surface area contributed by atoms with E-state index in [-0.39, 0.29) is 11.6 Å². The molecule has 0 fully saturated rings. The fourth-order valence-corrected chi connectivity index (χ4v) is 2.76.